The summed E-state index contributed by atoms with van der Waals surface area (Å²) in [5.74, 6) is 3.45. The number of piperazine rings is 1. The van der Waals surface area contributed by atoms with Crippen molar-refractivity contribution in [1.29, 1.82) is 0 Å². The number of halogens is 1. The molecule has 47 heavy (non-hydrogen) atoms. The third kappa shape index (κ3) is 4.88. The summed E-state index contributed by atoms with van der Waals surface area (Å²) in [6.07, 6.45) is 0. The van der Waals surface area contributed by atoms with Crippen LogP contribution in [0.15, 0.2) is 107 Å². The lowest BCUT2D eigenvalue weighted by Crippen LogP contribution is -2.55. The van der Waals surface area contributed by atoms with Crippen molar-refractivity contribution in [2.75, 3.05) is 50.2 Å². The van der Waals surface area contributed by atoms with E-state index in [0.717, 1.165) is 83.2 Å². The first-order valence-electron chi connectivity index (χ1n) is 15.7. The average molecular weight is 628 g/mol. The van der Waals surface area contributed by atoms with Crippen molar-refractivity contribution in [3.8, 4) is 17.2 Å². The molecule has 9 nitrogen and oxygen atoms in total. The Morgan fingerprint density at radius 3 is 2.15 bits per heavy atom. The fourth-order valence-corrected chi connectivity index (χ4v) is 6.83. The number of aryl methyl sites for hydroxylation is 1. The number of para-hydroxylation sites is 3. The summed E-state index contributed by atoms with van der Waals surface area (Å²) >= 11 is 0. The molecular weight excluding hydrogens is 593 g/mol. The number of anilines is 2. The van der Waals surface area contributed by atoms with Gasteiger partial charge in [-0.2, -0.15) is 5.10 Å². The zero-order valence-corrected chi connectivity index (χ0v) is 26.5. The minimum atomic E-state index is -0.276. The maximum absolute atomic E-state index is 13.6. The number of aliphatic imine (C=N–C) groups is 2. The maximum atomic E-state index is 13.6. The van der Waals surface area contributed by atoms with E-state index in [0.29, 0.717) is 11.5 Å². The van der Waals surface area contributed by atoms with Gasteiger partial charge in [-0.1, -0.05) is 36.4 Å². The summed E-state index contributed by atoms with van der Waals surface area (Å²) < 4.78 is 27.0. The molecule has 10 heteroatoms. The molecule has 1 atom stereocenters. The second-order valence-corrected chi connectivity index (χ2v) is 11.8. The van der Waals surface area contributed by atoms with Gasteiger partial charge in [0.1, 0.15) is 5.82 Å². The molecule has 1 unspecified atom stereocenters. The lowest BCUT2D eigenvalue weighted by atomic mass is 9.93. The molecule has 8 rings (SSSR count). The Balaban J connectivity index is 1.29. The van der Waals surface area contributed by atoms with Crippen LogP contribution in [0.25, 0.3) is 5.69 Å². The van der Waals surface area contributed by atoms with Crippen molar-refractivity contribution >= 4 is 34.6 Å². The van der Waals surface area contributed by atoms with E-state index in [1.165, 1.54) is 12.1 Å². The highest BCUT2D eigenvalue weighted by Crippen LogP contribution is 2.49. The van der Waals surface area contributed by atoms with Gasteiger partial charge in [-0.15, -0.1) is 0 Å². The van der Waals surface area contributed by atoms with Crippen LogP contribution in [0.1, 0.15) is 22.9 Å². The van der Waals surface area contributed by atoms with Crippen molar-refractivity contribution in [1.82, 2.24) is 14.7 Å². The van der Waals surface area contributed by atoms with E-state index in [1.54, 1.807) is 14.2 Å². The molecule has 236 valence electrons. The third-order valence-electron chi connectivity index (χ3n) is 9.12. The molecule has 1 fully saturated rings. The van der Waals surface area contributed by atoms with Gasteiger partial charge in [-0.25, -0.2) is 19.1 Å². The normalized spacial score (nSPS) is 16.9. The highest BCUT2D eigenvalue weighted by molar-refractivity contribution is 6.48. The van der Waals surface area contributed by atoms with Crippen LogP contribution in [-0.2, 0) is 0 Å². The monoisotopic (exact) mass is 627 g/mol. The number of benzene rings is 4. The Bertz CT molecular complexity index is 2010. The number of fused-ring (bicyclic) bond motifs is 4. The molecule has 0 saturated carbocycles. The molecule has 3 aliphatic heterocycles. The predicted octanol–water partition coefficient (Wildman–Crippen LogP) is 6.84. The largest absolute Gasteiger partial charge is 0.493 e. The summed E-state index contributed by atoms with van der Waals surface area (Å²) in [6.45, 7) is 5.05. The Morgan fingerprint density at radius 1 is 0.702 bits per heavy atom. The Morgan fingerprint density at radius 2 is 1.40 bits per heavy atom. The van der Waals surface area contributed by atoms with Gasteiger partial charge in [-0.3, -0.25) is 0 Å². The highest BCUT2D eigenvalue weighted by atomic mass is 19.1. The lowest BCUT2D eigenvalue weighted by Gasteiger charge is -2.44. The number of nitrogens with zero attached hydrogens (tertiary/aromatic N) is 7. The van der Waals surface area contributed by atoms with E-state index in [4.69, 9.17) is 24.6 Å². The van der Waals surface area contributed by atoms with Gasteiger partial charge in [0.15, 0.2) is 29.0 Å². The third-order valence-corrected chi connectivity index (χ3v) is 9.12. The van der Waals surface area contributed by atoms with Gasteiger partial charge >= 0.3 is 0 Å². The first-order chi connectivity index (χ1) is 23.0. The Kier molecular flexibility index (Phi) is 7.12. The lowest BCUT2D eigenvalue weighted by molar-refractivity contribution is 0.354. The zero-order valence-electron chi connectivity index (χ0n) is 26.5. The zero-order chi connectivity index (χ0) is 32.1. The SMILES string of the molecule is COc1ccc(C2c3c(C)nn(-c4ccccc4)c3N=C3C(N4CCN(c5ccc(F)cc5)CC4)=Nc4ccccc4N32)cc1OC. The second kappa shape index (κ2) is 11.6. The fourth-order valence-electron chi connectivity index (χ4n) is 6.83. The van der Waals surface area contributed by atoms with Crippen LogP contribution in [0.2, 0.25) is 0 Å². The van der Waals surface area contributed by atoms with Crippen LogP contribution in [0.3, 0.4) is 0 Å². The second-order valence-electron chi connectivity index (χ2n) is 11.8. The minimum absolute atomic E-state index is 0.230. The Hall–Kier alpha value is -5.64. The van der Waals surface area contributed by atoms with Crippen LogP contribution in [0.4, 0.5) is 27.3 Å². The summed E-state index contributed by atoms with van der Waals surface area (Å²) in [7, 11) is 3.31. The first kappa shape index (κ1) is 28.8. The van der Waals surface area contributed by atoms with Crippen LogP contribution in [0.5, 0.6) is 11.5 Å². The average Bonchev–Trinajstić information content (AvgIpc) is 3.46. The summed E-state index contributed by atoms with van der Waals surface area (Å²) in [5.41, 5.74) is 6.72. The molecule has 3 aliphatic rings. The van der Waals surface area contributed by atoms with E-state index < -0.39 is 0 Å². The van der Waals surface area contributed by atoms with Crippen LogP contribution < -0.4 is 19.3 Å². The van der Waals surface area contributed by atoms with Crippen molar-refractivity contribution in [2.45, 2.75) is 13.0 Å². The number of hydrogen-bond acceptors (Lipinski definition) is 8. The number of methoxy groups -OCH3 is 2. The van der Waals surface area contributed by atoms with Crippen molar-refractivity contribution < 1.29 is 13.9 Å². The number of rotatable bonds is 5. The molecule has 0 bridgehead atoms. The molecule has 4 aromatic carbocycles. The number of hydrogen-bond donors (Lipinski definition) is 0. The molecule has 0 aliphatic carbocycles. The van der Waals surface area contributed by atoms with Crippen molar-refractivity contribution in [2.24, 2.45) is 9.98 Å². The molecule has 1 saturated heterocycles. The molecule has 5 aromatic rings. The molecule has 0 N–H and O–H groups in total. The summed E-state index contributed by atoms with van der Waals surface area (Å²) in [5, 5.41) is 5.06. The van der Waals surface area contributed by atoms with Gasteiger partial charge in [0.05, 0.1) is 43.0 Å². The van der Waals surface area contributed by atoms with E-state index in [-0.39, 0.29) is 11.9 Å². The number of amidine groups is 2. The topological polar surface area (TPSA) is 70.7 Å². The summed E-state index contributed by atoms with van der Waals surface area (Å²) in [6, 6.07) is 30.9. The van der Waals surface area contributed by atoms with E-state index in [2.05, 4.69) is 32.9 Å². The van der Waals surface area contributed by atoms with Crippen LogP contribution >= 0.6 is 0 Å². The smallest absolute Gasteiger partial charge is 0.179 e. The van der Waals surface area contributed by atoms with E-state index in [9.17, 15) is 4.39 Å². The van der Waals surface area contributed by atoms with Gasteiger partial charge in [0.25, 0.3) is 0 Å². The molecule has 4 heterocycles. The van der Waals surface area contributed by atoms with Crippen molar-refractivity contribution in [3.05, 3.63) is 120 Å². The van der Waals surface area contributed by atoms with Gasteiger partial charge in [0.2, 0.25) is 0 Å². The predicted molar refractivity (Wildman–Crippen MR) is 183 cm³/mol. The molecule has 0 spiro atoms. The molecule has 0 radical (unpaired) electrons. The molecule has 0 amide bonds. The van der Waals surface area contributed by atoms with Crippen LogP contribution in [0, 0.1) is 12.7 Å². The fraction of sp³-hybridized carbons (Fsp3) is 0.216. The quantitative estimate of drug-likeness (QED) is 0.213. The maximum Gasteiger partial charge on any atom is 0.179 e. The van der Waals surface area contributed by atoms with Crippen LogP contribution in [-0.4, -0.2) is 66.8 Å². The van der Waals surface area contributed by atoms with Crippen molar-refractivity contribution in [3.63, 3.8) is 0 Å². The van der Waals surface area contributed by atoms with E-state index >= 15 is 0 Å². The highest BCUT2D eigenvalue weighted by Gasteiger charge is 2.43. The Labute approximate surface area is 272 Å². The van der Waals surface area contributed by atoms with Gasteiger partial charge < -0.3 is 24.2 Å². The van der Waals surface area contributed by atoms with E-state index in [1.807, 2.05) is 78.3 Å². The standard InChI is InChI=1S/C37H34FN7O2/c1-24-33-34(25-13-18-31(46-2)32(23-25)47-3)44-30-12-8-7-11-29(30)39-36(37(44)40-35(33)45(41-24)28-9-5-4-6-10-28)43-21-19-42(20-22-43)27-16-14-26(38)15-17-27/h4-18,23,34H,19-22H2,1-3H3. The number of aromatic nitrogens is 2. The summed E-state index contributed by atoms with van der Waals surface area (Å²) in [4.78, 5) is 17.6. The molecular formula is C37H34FN7O2. The minimum Gasteiger partial charge on any atom is -0.493 e. The van der Waals surface area contributed by atoms with Gasteiger partial charge in [-0.05, 0) is 73.2 Å². The number of ether oxygens (including phenoxy) is 2. The first-order valence-corrected chi connectivity index (χ1v) is 15.7. The molecule has 1 aromatic heterocycles. The van der Waals surface area contributed by atoms with Gasteiger partial charge in [0, 0.05) is 37.4 Å².